The van der Waals surface area contributed by atoms with Crippen LogP contribution in [-0.2, 0) is 21.4 Å². The van der Waals surface area contributed by atoms with Gasteiger partial charge in [-0.2, -0.15) is 5.10 Å². The summed E-state index contributed by atoms with van der Waals surface area (Å²) in [5, 5.41) is 7.30. The molecule has 9 heteroatoms. The van der Waals surface area contributed by atoms with Crippen molar-refractivity contribution in [2.75, 3.05) is 11.9 Å². The molecule has 0 fully saturated rings. The minimum Gasteiger partial charge on any atom is -0.452 e. The third kappa shape index (κ3) is 5.53. The maximum absolute atomic E-state index is 13.0. The number of carbonyl (C=O) groups is 2. The molecule has 0 aliphatic heterocycles. The van der Waals surface area contributed by atoms with Gasteiger partial charge in [0.25, 0.3) is 11.5 Å². The highest BCUT2D eigenvalue weighted by molar-refractivity contribution is 5.95. The zero-order valence-electron chi connectivity index (χ0n) is 22.0. The third-order valence-electron chi connectivity index (χ3n) is 6.37. The fourth-order valence-electron chi connectivity index (χ4n) is 4.27. The van der Waals surface area contributed by atoms with E-state index in [1.807, 2.05) is 85.1 Å². The Morgan fingerprint density at radius 1 is 0.900 bits per heavy atom. The van der Waals surface area contributed by atoms with Gasteiger partial charge in [-0.15, -0.1) is 0 Å². The van der Waals surface area contributed by atoms with Crippen LogP contribution in [0.2, 0.25) is 0 Å². The minimum atomic E-state index is -0.701. The van der Waals surface area contributed by atoms with Crippen LogP contribution in [0.1, 0.15) is 11.3 Å². The van der Waals surface area contributed by atoms with E-state index in [1.165, 1.54) is 10.8 Å². The molecule has 2 heterocycles. The Morgan fingerprint density at radius 2 is 1.50 bits per heavy atom. The van der Waals surface area contributed by atoms with Crippen molar-refractivity contribution in [3.8, 4) is 22.6 Å². The van der Waals surface area contributed by atoms with Gasteiger partial charge in [0.05, 0.1) is 22.8 Å². The number of amides is 1. The number of nitrogens with zero attached hydrogens (tertiary/aromatic N) is 4. The Bertz CT molecular complexity index is 1730. The molecule has 5 rings (SSSR count). The van der Waals surface area contributed by atoms with Gasteiger partial charge in [0.2, 0.25) is 0 Å². The number of para-hydroxylation sites is 2. The van der Waals surface area contributed by atoms with Gasteiger partial charge in [0.15, 0.2) is 6.61 Å². The highest BCUT2D eigenvalue weighted by Crippen LogP contribution is 2.24. The van der Waals surface area contributed by atoms with Crippen LogP contribution in [0.3, 0.4) is 0 Å². The maximum Gasteiger partial charge on any atom is 0.331 e. The molecule has 0 bridgehead atoms. The van der Waals surface area contributed by atoms with Crippen LogP contribution >= 0.6 is 0 Å². The number of carbonyl (C=O) groups excluding carboxylic acids is 2. The van der Waals surface area contributed by atoms with Crippen molar-refractivity contribution < 1.29 is 14.3 Å². The lowest BCUT2D eigenvalue weighted by atomic mass is 10.1. The third-order valence-corrected chi connectivity index (χ3v) is 6.37. The summed E-state index contributed by atoms with van der Waals surface area (Å²) in [6.07, 6.45) is 4.68. The number of hydrogen-bond acceptors (Lipinski definition) is 5. The molecule has 0 saturated carbocycles. The Hall–Kier alpha value is -5.44. The van der Waals surface area contributed by atoms with E-state index in [-0.39, 0.29) is 11.2 Å². The van der Waals surface area contributed by atoms with Crippen molar-refractivity contribution in [2.45, 2.75) is 6.92 Å². The van der Waals surface area contributed by atoms with Gasteiger partial charge < -0.3 is 10.1 Å². The first kappa shape index (κ1) is 26.2. The van der Waals surface area contributed by atoms with Gasteiger partial charge in [-0.05, 0) is 37.3 Å². The molecule has 200 valence electrons. The molecule has 0 atom stereocenters. The molecule has 0 aliphatic carbocycles. The monoisotopic (exact) mass is 533 g/mol. The van der Waals surface area contributed by atoms with Gasteiger partial charge in [0.1, 0.15) is 5.69 Å². The van der Waals surface area contributed by atoms with Gasteiger partial charge in [-0.3, -0.25) is 14.3 Å². The van der Waals surface area contributed by atoms with Gasteiger partial charge >= 0.3 is 5.97 Å². The average Bonchev–Trinajstić information content (AvgIpc) is 3.51. The molecule has 0 radical (unpaired) electrons. The highest BCUT2D eigenvalue weighted by atomic mass is 16.5. The Morgan fingerprint density at radius 3 is 2.15 bits per heavy atom. The first-order valence-corrected chi connectivity index (χ1v) is 12.6. The van der Waals surface area contributed by atoms with Gasteiger partial charge in [0, 0.05) is 30.4 Å². The lowest BCUT2D eigenvalue weighted by molar-refractivity contribution is -0.142. The van der Waals surface area contributed by atoms with Crippen molar-refractivity contribution in [3.05, 3.63) is 125 Å². The van der Waals surface area contributed by atoms with Gasteiger partial charge in [-0.1, -0.05) is 66.7 Å². The Balaban J connectivity index is 1.28. The van der Waals surface area contributed by atoms with Gasteiger partial charge in [-0.25, -0.2) is 14.2 Å². The summed E-state index contributed by atoms with van der Waals surface area (Å²) in [6.45, 7) is 1.18. The largest absolute Gasteiger partial charge is 0.452 e. The Labute approximate surface area is 230 Å². The Kier molecular flexibility index (Phi) is 7.54. The average molecular weight is 534 g/mol. The summed E-state index contributed by atoms with van der Waals surface area (Å²) in [4.78, 5) is 38.1. The smallest absolute Gasteiger partial charge is 0.331 e. The molecular formula is C31H27N5O4. The normalized spacial score (nSPS) is 11.1. The predicted molar refractivity (Wildman–Crippen MR) is 153 cm³/mol. The maximum atomic E-state index is 13.0. The van der Waals surface area contributed by atoms with E-state index in [9.17, 15) is 14.4 Å². The van der Waals surface area contributed by atoms with E-state index in [0.29, 0.717) is 22.6 Å². The van der Waals surface area contributed by atoms with Crippen molar-refractivity contribution in [1.29, 1.82) is 0 Å². The van der Waals surface area contributed by atoms with E-state index < -0.39 is 18.5 Å². The molecule has 3 aromatic carbocycles. The molecule has 5 aromatic rings. The van der Waals surface area contributed by atoms with E-state index in [1.54, 1.807) is 41.5 Å². The predicted octanol–water partition coefficient (Wildman–Crippen LogP) is 4.53. The first-order valence-electron chi connectivity index (χ1n) is 12.6. The van der Waals surface area contributed by atoms with E-state index >= 15 is 0 Å². The topological polar surface area (TPSA) is 100 Å². The number of rotatable bonds is 8. The molecule has 0 unspecified atom stereocenters. The minimum absolute atomic E-state index is 0.128. The standard InChI is InChI=1S/C31H27N5O4/c1-22-29(31(39)36(34(22)2)26-16-10-5-11-17-26)32-27(37)21-40-28(38)19-18-24-20-35(25-14-8-4-9-15-25)33-30(24)23-12-6-3-7-13-23/h3-20H,21H2,1-2H3,(H,32,37). The molecule has 2 aromatic heterocycles. The lowest BCUT2D eigenvalue weighted by Crippen LogP contribution is -2.25. The van der Waals surface area contributed by atoms with Crippen LogP contribution in [0.5, 0.6) is 0 Å². The van der Waals surface area contributed by atoms with E-state index in [4.69, 9.17) is 9.84 Å². The number of anilines is 1. The first-order chi connectivity index (χ1) is 19.4. The number of benzene rings is 3. The summed E-state index contributed by atoms with van der Waals surface area (Å²) in [7, 11) is 1.73. The van der Waals surface area contributed by atoms with Crippen molar-refractivity contribution >= 4 is 23.6 Å². The number of aromatic nitrogens is 4. The lowest BCUT2D eigenvalue weighted by Gasteiger charge is -2.07. The molecule has 1 N–H and O–H groups in total. The second-order valence-corrected chi connectivity index (χ2v) is 9.00. The van der Waals surface area contributed by atoms with Crippen LogP contribution in [0.25, 0.3) is 28.7 Å². The molecule has 9 nitrogen and oxygen atoms in total. The van der Waals surface area contributed by atoms with Crippen molar-refractivity contribution in [2.24, 2.45) is 7.05 Å². The second-order valence-electron chi connectivity index (χ2n) is 9.00. The highest BCUT2D eigenvalue weighted by Gasteiger charge is 2.18. The summed E-state index contributed by atoms with van der Waals surface area (Å²) in [6, 6.07) is 28.4. The molecule has 0 aliphatic rings. The van der Waals surface area contributed by atoms with Crippen molar-refractivity contribution in [3.63, 3.8) is 0 Å². The molecule has 1 amide bonds. The summed E-state index contributed by atoms with van der Waals surface area (Å²) < 4.78 is 10.0. The quantitative estimate of drug-likeness (QED) is 0.233. The van der Waals surface area contributed by atoms with Crippen LogP contribution in [-0.4, -0.2) is 37.6 Å². The molecular weight excluding hydrogens is 506 g/mol. The second kappa shape index (κ2) is 11.5. The van der Waals surface area contributed by atoms with Crippen LogP contribution in [0.15, 0.2) is 108 Å². The fourth-order valence-corrected chi connectivity index (χ4v) is 4.27. The molecule has 0 spiro atoms. The number of nitrogens with one attached hydrogen (secondary N) is 1. The summed E-state index contributed by atoms with van der Waals surface area (Å²) in [5.74, 6) is -1.32. The fraction of sp³-hybridized carbons (Fsp3) is 0.0968. The number of hydrogen-bond donors (Lipinski definition) is 1. The number of esters is 1. The van der Waals surface area contributed by atoms with E-state index in [0.717, 1.165) is 11.3 Å². The van der Waals surface area contributed by atoms with Crippen LogP contribution in [0.4, 0.5) is 5.69 Å². The zero-order valence-corrected chi connectivity index (χ0v) is 22.0. The van der Waals surface area contributed by atoms with Crippen LogP contribution in [0, 0.1) is 6.92 Å². The van der Waals surface area contributed by atoms with Crippen molar-refractivity contribution in [1.82, 2.24) is 19.1 Å². The zero-order chi connectivity index (χ0) is 28.1. The van der Waals surface area contributed by atoms with Crippen LogP contribution < -0.4 is 10.9 Å². The molecule has 0 saturated heterocycles. The number of ether oxygens (including phenoxy) is 1. The van der Waals surface area contributed by atoms with E-state index in [2.05, 4.69) is 5.32 Å². The summed E-state index contributed by atoms with van der Waals surface area (Å²) >= 11 is 0. The molecule has 40 heavy (non-hydrogen) atoms. The summed E-state index contributed by atoms with van der Waals surface area (Å²) in [5.41, 5.74) is 4.15. The SMILES string of the molecule is Cc1c(NC(=O)COC(=O)C=Cc2cn(-c3ccccc3)nc2-c2ccccc2)c(=O)n(-c2ccccc2)n1C.